The molecule has 0 rings (SSSR count). The van der Waals surface area contributed by atoms with Gasteiger partial charge >= 0.3 is 11.9 Å². The molecule has 0 saturated heterocycles. The lowest BCUT2D eigenvalue weighted by Gasteiger charge is -2.29. The third-order valence-corrected chi connectivity index (χ3v) is 5.90. The minimum Gasteiger partial charge on any atom is -0.550 e. The van der Waals surface area contributed by atoms with Crippen LogP contribution in [0.3, 0.4) is 0 Å². The van der Waals surface area contributed by atoms with E-state index in [0.29, 0.717) is 34.9 Å². The van der Waals surface area contributed by atoms with Crippen molar-refractivity contribution in [3.05, 3.63) is 0 Å². The molecule has 0 aromatic heterocycles. The molecule has 0 heterocycles. The van der Waals surface area contributed by atoms with Crippen molar-refractivity contribution in [2.24, 2.45) is 0 Å². The molecule has 2 atom stereocenters. The molecule has 0 aromatic carbocycles. The smallest absolute Gasteiger partial charge is 0.306 e. The maximum Gasteiger partial charge on any atom is 0.306 e. The van der Waals surface area contributed by atoms with Crippen molar-refractivity contribution < 1.29 is 47.8 Å². The number of hydrogen-bond donors (Lipinski definition) is 0. The zero-order valence-electron chi connectivity index (χ0n) is 24.6. The summed E-state index contributed by atoms with van der Waals surface area (Å²) in [5.41, 5.74) is 0. The molecule has 0 spiro atoms. The number of carbonyl (C=O) groups excluding carboxylic acids is 4. The van der Waals surface area contributed by atoms with E-state index in [1.807, 2.05) is 42.3 Å². The lowest BCUT2D eigenvalue weighted by atomic mass is 10.1. The number of ether oxygens (including phenoxy) is 2. The Morgan fingerprint density at radius 2 is 0.789 bits per heavy atom. The summed E-state index contributed by atoms with van der Waals surface area (Å²) in [4.78, 5) is 46.0. The molecule has 0 bridgehead atoms. The van der Waals surface area contributed by atoms with Gasteiger partial charge in [-0.05, 0) is 12.8 Å². The molecule has 2 unspecified atom stereocenters. The Hall–Kier alpha value is -2.20. The summed E-state index contributed by atoms with van der Waals surface area (Å²) in [5, 5.41) is 21.8. The monoisotopic (exact) mass is 544 g/mol. The molecule has 0 N–H and O–H groups in total. The Labute approximate surface area is 229 Å². The number of nitrogens with zero attached hydrogens (tertiary/aromatic N) is 2. The zero-order valence-corrected chi connectivity index (χ0v) is 24.6. The summed E-state index contributed by atoms with van der Waals surface area (Å²) in [7, 11) is 11.5. The maximum absolute atomic E-state index is 12.1. The highest BCUT2D eigenvalue weighted by atomic mass is 16.5. The molecule has 222 valence electrons. The second kappa shape index (κ2) is 19.0. The summed E-state index contributed by atoms with van der Waals surface area (Å²) in [6.07, 6.45) is 8.56. The van der Waals surface area contributed by atoms with Gasteiger partial charge in [-0.3, -0.25) is 9.59 Å². The average Bonchev–Trinajstić information content (AvgIpc) is 2.70. The van der Waals surface area contributed by atoms with Crippen LogP contribution in [0.25, 0.3) is 0 Å². The van der Waals surface area contributed by atoms with Crippen LogP contribution in [-0.2, 0) is 28.7 Å². The molecule has 38 heavy (non-hydrogen) atoms. The van der Waals surface area contributed by atoms with E-state index in [-0.39, 0.29) is 24.8 Å². The molecular formula is C28H52N2O8. The van der Waals surface area contributed by atoms with Crippen LogP contribution < -0.4 is 10.2 Å². The van der Waals surface area contributed by atoms with Gasteiger partial charge in [0.25, 0.3) is 0 Å². The standard InChI is InChI=1S/C28H52N2O8/c1-29(2,3)21-23(19-25(31)32)37-27(35)17-15-13-11-9-7-8-10-12-14-16-18-28(36)38-24(20-26(33)34)22-30(4,5)6/h23-24H,7-22H2,1-6H3. The van der Waals surface area contributed by atoms with Gasteiger partial charge in [-0.2, -0.15) is 0 Å². The maximum atomic E-state index is 12.1. The predicted molar refractivity (Wildman–Crippen MR) is 140 cm³/mol. The molecule has 0 aliphatic heterocycles. The zero-order chi connectivity index (χ0) is 29.2. The first-order valence-electron chi connectivity index (χ1n) is 14.0. The second-order valence-corrected chi connectivity index (χ2v) is 12.4. The van der Waals surface area contributed by atoms with E-state index in [2.05, 4.69) is 0 Å². The fourth-order valence-corrected chi connectivity index (χ4v) is 4.32. The van der Waals surface area contributed by atoms with Crippen LogP contribution in [0.15, 0.2) is 0 Å². The summed E-state index contributed by atoms with van der Waals surface area (Å²) in [5.74, 6) is -3.13. The lowest BCUT2D eigenvalue weighted by Crippen LogP contribution is -2.45. The van der Waals surface area contributed by atoms with Crippen LogP contribution >= 0.6 is 0 Å². The van der Waals surface area contributed by atoms with E-state index in [1.165, 1.54) is 0 Å². The third-order valence-electron chi connectivity index (χ3n) is 5.90. The quantitative estimate of drug-likeness (QED) is 0.106. The van der Waals surface area contributed by atoms with Gasteiger partial charge in [0.2, 0.25) is 0 Å². The van der Waals surface area contributed by atoms with Crippen LogP contribution in [-0.4, -0.2) is 100 Å². The van der Waals surface area contributed by atoms with E-state index in [0.717, 1.165) is 64.2 Å². The summed E-state index contributed by atoms with van der Waals surface area (Å²) in [6.45, 7) is 0.845. The third kappa shape index (κ3) is 24.2. The minimum atomic E-state index is -1.21. The van der Waals surface area contributed by atoms with E-state index >= 15 is 0 Å². The van der Waals surface area contributed by atoms with Gasteiger partial charge in [-0.25, -0.2) is 0 Å². The number of likely N-dealkylation sites (N-methyl/N-ethyl adjacent to an activating group) is 2. The highest BCUT2D eigenvalue weighted by Gasteiger charge is 2.23. The second-order valence-electron chi connectivity index (χ2n) is 12.4. The number of rotatable bonds is 23. The van der Waals surface area contributed by atoms with Crippen molar-refractivity contribution in [2.45, 2.75) is 102 Å². The minimum absolute atomic E-state index is 0.284. The van der Waals surface area contributed by atoms with Crippen LogP contribution in [0.2, 0.25) is 0 Å². The van der Waals surface area contributed by atoms with Crippen molar-refractivity contribution in [2.75, 3.05) is 55.4 Å². The number of unbranched alkanes of at least 4 members (excludes halogenated alkanes) is 9. The van der Waals surface area contributed by atoms with Crippen LogP contribution in [0, 0.1) is 0 Å². The molecule has 0 aliphatic carbocycles. The van der Waals surface area contributed by atoms with E-state index in [4.69, 9.17) is 9.47 Å². The number of aliphatic carboxylic acids is 2. The molecule has 10 heteroatoms. The summed E-state index contributed by atoms with van der Waals surface area (Å²) < 4.78 is 11.7. The Morgan fingerprint density at radius 1 is 0.526 bits per heavy atom. The lowest BCUT2D eigenvalue weighted by molar-refractivity contribution is -0.873. The molecule has 0 radical (unpaired) electrons. The average molecular weight is 545 g/mol. The van der Waals surface area contributed by atoms with Gasteiger partial charge in [0.1, 0.15) is 13.1 Å². The van der Waals surface area contributed by atoms with Crippen LogP contribution in [0.5, 0.6) is 0 Å². The fraction of sp³-hybridized carbons (Fsp3) is 0.857. The van der Waals surface area contributed by atoms with E-state index in [1.54, 1.807) is 0 Å². The number of quaternary nitrogens is 2. The molecule has 0 saturated carbocycles. The van der Waals surface area contributed by atoms with Crippen LogP contribution in [0.1, 0.15) is 89.9 Å². The number of esters is 2. The molecular weight excluding hydrogens is 492 g/mol. The predicted octanol–water partition coefficient (Wildman–Crippen LogP) is 1.18. The SMILES string of the molecule is C[N+](C)(C)CC(CC(=O)[O-])OC(=O)CCCCCCCCCCCCC(=O)OC(CC(=O)[O-])C[N+](C)(C)C. The Kier molecular flexibility index (Phi) is 17.9. The summed E-state index contributed by atoms with van der Waals surface area (Å²) >= 11 is 0. The number of carboxylic acids is 2. The highest BCUT2D eigenvalue weighted by molar-refractivity contribution is 5.71. The number of carboxylic acid groups (broad SMARTS) is 2. The Balaban J connectivity index is 3.83. The van der Waals surface area contributed by atoms with Crippen LogP contribution in [0.4, 0.5) is 0 Å². The first-order valence-corrected chi connectivity index (χ1v) is 14.0. The largest absolute Gasteiger partial charge is 0.550 e. The Morgan fingerprint density at radius 3 is 1.03 bits per heavy atom. The topological polar surface area (TPSA) is 133 Å². The molecule has 10 nitrogen and oxygen atoms in total. The van der Waals surface area contributed by atoms with Crippen molar-refractivity contribution in [3.63, 3.8) is 0 Å². The highest BCUT2D eigenvalue weighted by Crippen LogP contribution is 2.14. The first-order chi connectivity index (χ1) is 17.6. The number of hydrogen-bond acceptors (Lipinski definition) is 8. The van der Waals surface area contributed by atoms with Gasteiger partial charge in [0.05, 0.1) is 42.3 Å². The van der Waals surface area contributed by atoms with Gasteiger partial charge < -0.3 is 38.2 Å². The molecule has 0 fully saturated rings. The van der Waals surface area contributed by atoms with Crippen molar-refractivity contribution >= 4 is 23.9 Å². The van der Waals surface area contributed by atoms with Gasteiger partial charge in [-0.1, -0.05) is 51.4 Å². The van der Waals surface area contributed by atoms with Crippen molar-refractivity contribution in [1.82, 2.24) is 0 Å². The molecule has 0 aromatic rings. The van der Waals surface area contributed by atoms with Gasteiger partial charge in [0.15, 0.2) is 12.2 Å². The molecule has 0 aliphatic rings. The van der Waals surface area contributed by atoms with Crippen molar-refractivity contribution in [1.29, 1.82) is 0 Å². The number of carbonyl (C=O) groups is 4. The van der Waals surface area contributed by atoms with Crippen molar-refractivity contribution in [3.8, 4) is 0 Å². The molecule has 0 amide bonds. The normalized spacial score (nSPS) is 13.5. The van der Waals surface area contributed by atoms with E-state index in [9.17, 15) is 29.4 Å². The van der Waals surface area contributed by atoms with E-state index < -0.39 is 24.1 Å². The van der Waals surface area contributed by atoms with Gasteiger partial charge in [0, 0.05) is 37.6 Å². The van der Waals surface area contributed by atoms with Gasteiger partial charge in [-0.15, -0.1) is 0 Å². The summed E-state index contributed by atoms with van der Waals surface area (Å²) in [6, 6.07) is 0. The Bertz CT molecular complexity index is 653. The first kappa shape index (κ1) is 35.8. The fourth-order valence-electron chi connectivity index (χ4n) is 4.32.